The van der Waals surface area contributed by atoms with Crippen LogP contribution in [0.2, 0.25) is 0 Å². The lowest BCUT2D eigenvalue weighted by Gasteiger charge is -2.29. The van der Waals surface area contributed by atoms with Crippen molar-refractivity contribution in [3.05, 3.63) is 70.8 Å². The van der Waals surface area contributed by atoms with E-state index in [4.69, 9.17) is 11.1 Å². The van der Waals surface area contributed by atoms with Crippen molar-refractivity contribution in [2.45, 2.75) is 44.7 Å². The van der Waals surface area contributed by atoms with Crippen molar-refractivity contribution in [3.8, 4) is 0 Å². The summed E-state index contributed by atoms with van der Waals surface area (Å²) in [6.45, 7) is 2.29. The molecule has 0 bridgehead atoms. The molecule has 2 amide bonds. The third-order valence-electron chi connectivity index (χ3n) is 5.11. The summed E-state index contributed by atoms with van der Waals surface area (Å²) in [5.74, 6) is -0.267. The second kappa shape index (κ2) is 8.25. The van der Waals surface area contributed by atoms with Crippen LogP contribution >= 0.6 is 0 Å². The van der Waals surface area contributed by atoms with Gasteiger partial charge in [0.2, 0.25) is 11.8 Å². The van der Waals surface area contributed by atoms with Gasteiger partial charge in [-0.15, -0.1) is 0 Å². The van der Waals surface area contributed by atoms with Crippen LogP contribution in [0, 0.1) is 5.41 Å². The molecule has 2 aromatic rings. The molecule has 146 valence electrons. The molecule has 5 N–H and O–H groups in total. The fourth-order valence-electron chi connectivity index (χ4n) is 3.63. The van der Waals surface area contributed by atoms with Crippen LogP contribution in [0.5, 0.6) is 0 Å². The minimum atomic E-state index is -0.949. The van der Waals surface area contributed by atoms with E-state index in [-0.39, 0.29) is 17.6 Å². The van der Waals surface area contributed by atoms with E-state index in [0.717, 1.165) is 23.1 Å². The van der Waals surface area contributed by atoms with Crippen LogP contribution in [0.1, 0.15) is 42.0 Å². The molecule has 0 spiro atoms. The summed E-state index contributed by atoms with van der Waals surface area (Å²) in [6, 6.07) is 15.1. The molecule has 0 aromatic heterocycles. The second-order valence-corrected chi connectivity index (χ2v) is 7.30. The molecule has 0 atom stereocenters. The summed E-state index contributed by atoms with van der Waals surface area (Å²) >= 11 is 0. The van der Waals surface area contributed by atoms with Crippen LogP contribution in [0.25, 0.3) is 0 Å². The lowest BCUT2D eigenvalue weighted by molar-refractivity contribution is -0.133. The molecule has 0 saturated heterocycles. The SMILES string of the molecule is CCCC(=O)NC1(C(=O)NCc2ccc(C(=N)N)cc2)Cc2ccccc2C1. The molecule has 6 nitrogen and oxygen atoms in total. The lowest BCUT2D eigenvalue weighted by Crippen LogP contribution is -2.59. The molecule has 0 unspecified atom stereocenters. The zero-order chi connectivity index (χ0) is 20.1. The maximum atomic E-state index is 13.1. The van der Waals surface area contributed by atoms with Crippen LogP contribution in [0.15, 0.2) is 48.5 Å². The van der Waals surface area contributed by atoms with Gasteiger partial charge in [0, 0.05) is 31.4 Å². The number of amidine groups is 1. The van der Waals surface area contributed by atoms with Gasteiger partial charge in [0.1, 0.15) is 11.4 Å². The number of fused-ring (bicyclic) bond motifs is 1. The molecule has 1 aliphatic carbocycles. The number of hydrogen-bond acceptors (Lipinski definition) is 3. The van der Waals surface area contributed by atoms with Crippen LogP contribution in [0.3, 0.4) is 0 Å². The molecule has 0 radical (unpaired) electrons. The minimum absolute atomic E-state index is 0.0110. The highest BCUT2D eigenvalue weighted by Crippen LogP contribution is 2.30. The monoisotopic (exact) mass is 378 g/mol. The van der Waals surface area contributed by atoms with Crippen molar-refractivity contribution >= 4 is 17.6 Å². The number of carbonyl (C=O) groups is 2. The molecule has 3 rings (SSSR count). The van der Waals surface area contributed by atoms with Crippen molar-refractivity contribution in [2.75, 3.05) is 0 Å². The molecule has 0 aliphatic heterocycles. The Bertz CT molecular complexity index is 865. The van der Waals surface area contributed by atoms with Gasteiger partial charge in [-0.1, -0.05) is 55.5 Å². The second-order valence-electron chi connectivity index (χ2n) is 7.30. The van der Waals surface area contributed by atoms with E-state index in [1.165, 1.54) is 0 Å². The summed E-state index contributed by atoms with van der Waals surface area (Å²) in [5, 5.41) is 13.4. The number of nitrogens with two attached hydrogens (primary N) is 1. The first-order valence-electron chi connectivity index (χ1n) is 9.53. The Morgan fingerprint density at radius 1 is 1.07 bits per heavy atom. The highest BCUT2D eigenvalue weighted by molar-refractivity contribution is 5.95. The predicted molar refractivity (Wildman–Crippen MR) is 109 cm³/mol. The first kappa shape index (κ1) is 19.6. The zero-order valence-corrected chi connectivity index (χ0v) is 16.0. The maximum absolute atomic E-state index is 13.1. The Labute approximate surface area is 165 Å². The molecule has 0 heterocycles. The normalized spacial score (nSPS) is 14.2. The molecule has 6 heteroatoms. The topological polar surface area (TPSA) is 108 Å². The van der Waals surface area contributed by atoms with Crippen molar-refractivity contribution < 1.29 is 9.59 Å². The molecule has 0 fully saturated rings. The average Bonchev–Trinajstić information content (AvgIpc) is 3.05. The summed E-state index contributed by atoms with van der Waals surface area (Å²) in [5.41, 5.74) is 8.27. The van der Waals surface area contributed by atoms with Crippen molar-refractivity contribution in [1.29, 1.82) is 5.41 Å². The van der Waals surface area contributed by atoms with Crippen molar-refractivity contribution in [1.82, 2.24) is 10.6 Å². The molecule has 2 aromatic carbocycles. The van der Waals surface area contributed by atoms with E-state index >= 15 is 0 Å². The third kappa shape index (κ3) is 4.22. The van der Waals surface area contributed by atoms with Gasteiger partial charge in [-0.3, -0.25) is 15.0 Å². The first-order chi connectivity index (χ1) is 13.4. The maximum Gasteiger partial charge on any atom is 0.246 e. The summed E-state index contributed by atoms with van der Waals surface area (Å²) in [6.07, 6.45) is 2.12. The van der Waals surface area contributed by atoms with Gasteiger partial charge < -0.3 is 16.4 Å². The number of nitrogen functional groups attached to an aromatic ring is 1. The van der Waals surface area contributed by atoms with Gasteiger partial charge in [0.25, 0.3) is 0 Å². The Kier molecular flexibility index (Phi) is 5.78. The van der Waals surface area contributed by atoms with Crippen LogP contribution in [-0.2, 0) is 29.0 Å². The highest BCUT2D eigenvalue weighted by atomic mass is 16.2. The summed E-state index contributed by atoms with van der Waals surface area (Å²) in [4.78, 5) is 25.5. The Morgan fingerprint density at radius 3 is 2.21 bits per heavy atom. The number of carbonyl (C=O) groups excluding carboxylic acids is 2. The lowest BCUT2D eigenvalue weighted by atomic mass is 9.93. The fourth-order valence-corrected chi connectivity index (χ4v) is 3.63. The quantitative estimate of drug-likeness (QED) is 0.437. The van der Waals surface area contributed by atoms with E-state index in [0.29, 0.717) is 31.4 Å². The summed E-state index contributed by atoms with van der Waals surface area (Å²) in [7, 11) is 0. The number of benzene rings is 2. The Balaban J connectivity index is 1.74. The van der Waals surface area contributed by atoms with E-state index in [2.05, 4.69) is 10.6 Å². The number of hydrogen-bond donors (Lipinski definition) is 4. The standard InChI is InChI=1S/C22H26N4O2/c1-2-5-19(27)26-22(12-17-6-3-4-7-18(17)13-22)21(28)25-14-15-8-10-16(11-9-15)20(23)24/h3-4,6-11H,2,5,12-14H2,1H3,(H3,23,24)(H,25,28)(H,26,27). The van der Waals surface area contributed by atoms with E-state index in [9.17, 15) is 9.59 Å². The van der Waals surface area contributed by atoms with Gasteiger partial charge >= 0.3 is 0 Å². The fraction of sp³-hybridized carbons (Fsp3) is 0.318. The highest BCUT2D eigenvalue weighted by Gasteiger charge is 2.44. The van der Waals surface area contributed by atoms with Gasteiger partial charge in [-0.2, -0.15) is 0 Å². The van der Waals surface area contributed by atoms with Gasteiger partial charge in [-0.25, -0.2) is 0 Å². The smallest absolute Gasteiger partial charge is 0.246 e. The van der Waals surface area contributed by atoms with E-state index in [1.54, 1.807) is 12.1 Å². The first-order valence-corrected chi connectivity index (χ1v) is 9.53. The van der Waals surface area contributed by atoms with E-state index < -0.39 is 5.54 Å². The molecule has 0 saturated carbocycles. The van der Waals surface area contributed by atoms with Crippen molar-refractivity contribution in [2.24, 2.45) is 5.73 Å². The van der Waals surface area contributed by atoms with E-state index in [1.807, 2.05) is 43.3 Å². The van der Waals surface area contributed by atoms with Gasteiger partial charge in [0.15, 0.2) is 0 Å². The molecule has 28 heavy (non-hydrogen) atoms. The van der Waals surface area contributed by atoms with Crippen molar-refractivity contribution in [3.63, 3.8) is 0 Å². The van der Waals surface area contributed by atoms with Crippen LogP contribution in [-0.4, -0.2) is 23.2 Å². The third-order valence-corrected chi connectivity index (χ3v) is 5.11. The largest absolute Gasteiger partial charge is 0.384 e. The molecule has 1 aliphatic rings. The number of nitrogens with one attached hydrogen (secondary N) is 3. The minimum Gasteiger partial charge on any atom is -0.384 e. The van der Waals surface area contributed by atoms with Gasteiger partial charge in [0.05, 0.1) is 0 Å². The average molecular weight is 378 g/mol. The molecular formula is C22H26N4O2. The zero-order valence-electron chi connectivity index (χ0n) is 16.0. The Morgan fingerprint density at radius 2 is 1.68 bits per heavy atom. The van der Waals surface area contributed by atoms with Gasteiger partial charge in [-0.05, 0) is 23.1 Å². The van der Waals surface area contributed by atoms with Crippen LogP contribution in [0.4, 0.5) is 0 Å². The number of rotatable bonds is 7. The molecular weight excluding hydrogens is 352 g/mol. The van der Waals surface area contributed by atoms with Crippen LogP contribution < -0.4 is 16.4 Å². The predicted octanol–water partition coefficient (Wildman–Crippen LogP) is 2.04. The summed E-state index contributed by atoms with van der Waals surface area (Å²) < 4.78 is 0. The Hall–Kier alpha value is -3.15. The number of amides is 2.